The number of rotatable bonds is 3. The van der Waals surface area contributed by atoms with Gasteiger partial charge >= 0.3 is 6.09 Å². The van der Waals surface area contributed by atoms with E-state index in [1.807, 2.05) is 32.7 Å². The van der Waals surface area contributed by atoms with E-state index >= 15 is 0 Å². The van der Waals surface area contributed by atoms with Crippen molar-refractivity contribution in [3.63, 3.8) is 0 Å². The molecule has 3 rings (SSSR count). The van der Waals surface area contributed by atoms with Crippen LogP contribution in [-0.4, -0.2) is 47.2 Å². The van der Waals surface area contributed by atoms with Crippen LogP contribution >= 0.6 is 0 Å². The van der Waals surface area contributed by atoms with E-state index in [1.165, 1.54) is 5.56 Å². The molecule has 1 amide bonds. The molecule has 1 aliphatic heterocycles. The van der Waals surface area contributed by atoms with Gasteiger partial charge in [0.2, 0.25) is 0 Å². The molecular weight excluding hydrogens is 288 g/mol. The van der Waals surface area contributed by atoms with Crippen LogP contribution in [0.5, 0.6) is 0 Å². The Kier molecular flexibility index (Phi) is 3.91. The number of hydrogen-bond acceptors (Lipinski definition) is 3. The predicted molar refractivity (Wildman–Crippen MR) is 91.3 cm³/mol. The first-order valence-corrected chi connectivity index (χ1v) is 8.49. The molecule has 1 unspecified atom stereocenters. The molecule has 126 valence electrons. The first-order chi connectivity index (χ1) is 10.7. The Morgan fingerprint density at radius 2 is 2.00 bits per heavy atom. The number of carbonyl (C=O) groups is 1. The molecule has 4 heteroatoms. The van der Waals surface area contributed by atoms with E-state index < -0.39 is 5.60 Å². The van der Waals surface area contributed by atoms with Crippen LogP contribution in [0.4, 0.5) is 4.79 Å². The van der Waals surface area contributed by atoms with Crippen LogP contribution in [0.25, 0.3) is 0 Å². The van der Waals surface area contributed by atoms with Crippen molar-refractivity contribution in [2.24, 2.45) is 5.92 Å². The summed E-state index contributed by atoms with van der Waals surface area (Å²) in [7, 11) is 1.89. The van der Waals surface area contributed by atoms with E-state index in [4.69, 9.17) is 4.74 Å². The maximum Gasteiger partial charge on any atom is 0.410 e. The number of ether oxygens (including phenoxy) is 1. The monoisotopic (exact) mass is 316 g/mol. The van der Waals surface area contributed by atoms with E-state index in [0.29, 0.717) is 12.0 Å². The van der Waals surface area contributed by atoms with Gasteiger partial charge in [-0.25, -0.2) is 4.79 Å². The van der Waals surface area contributed by atoms with Crippen LogP contribution in [0.1, 0.15) is 45.7 Å². The molecule has 4 nitrogen and oxygen atoms in total. The quantitative estimate of drug-likeness (QED) is 0.852. The van der Waals surface area contributed by atoms with Gasteiger partial charge in [0, 0.05) is 26.2 Å². The van der Waals surface area contributed by atoms with Crippen LogP contribution in [0.2, 0.25) is 0 Å². The second-order valence-corrected chi connectivity index (χ2v) is 8.06. The highest BCUT2D eigenvalue weighted by atomic mass is 16.6. The van der Waals surface area contributed by atoms with Crippen LogP contribution < -0.4 is 0 Å². The molecule has 3 atom stereocenters. The van der Waals surface area contributed by atoms with Gasteiger partial charge in [-0.05, 0) is 45.6 Å². The topological polar surface area (TPSA) is 32.8 Å². The lowest BCUT2D eigenvalue weighted by Gasteiger charge is -2.33. The van der Waals surface area contributed by atoms with Gasteiger partial charge < -0.3 is 9.64 Å². The van der Waals surface area contributed by atoms with Crippen molar-refractivity contribution in [2.45, 2.75) is 51.3 Å². The van der Waals surface area contributed by atoms with Gasteiger partial charge in [-0.1, -0.05) is 30.3 Å². The summed E-state index contributed by atoms with van der Waals surface area (Å²) in [6, 6.07) is 11.0. The van der Waals surface area contributed by atoms with Crippen LogP contribution in [-0.2, 0) is 4.74 Å². The summed E-state index contributed by atoms with van der Waals surface area (Å²) in [5.74, 6) is 0.575. The fourth-order valence-corrected chi connectivity index (χ4v) is 3.76. The fourth-order valence-electron chi connectivity index (χ4n) is 3.76. The SMILES string of the molecule is C[C@@H](c1ccccc1)N1CC2C[C@]2(N(C)C(=O)OC(C)(C)C)C1. The van der Waals surface area contributed by atoms with E-state index in [1.54, 1.807) is 0 Å². The Bertz CT molecular complexity index is 581. The van der Waals surface area contributed by atoms with Crippen molar-refractivity contribution in [3.8, 4) is 0 Å². The van der Waals surface area contributed by atoms with Crippen molar-refractivity contribution in [1.29, 1.82) is 0 Å². The summed E-state index contributed by atoms with van der Waals surface area (Å²) < 4.78 is 5.55. The number of benzene rings is 1. The van der Waals surface area contributed by atoms with Gasteiger partial charge in [0.1, 0.15) is 5.60 Å². The molecule has 1 saturated heterocycles. The lowest BCUT2D eigenvalue weighted by molar-refractivity contribution is 0.0176. The van der Waals surface area contributed by atoms with Crippen LogP contribution in [0, 0.1) is 5.92 Å². The highest BCUT2D eigenvalue weighted by Gasteiger charge is 2.64. The Labute approximate surface area is 139 Å². The molecule has 1 heterocycles. The largest absolute Gasteiger partial charge is 0.444 e. The molecule has 1 saturated carbocycles. The first kappa shape index (κ1) is 16.3. The predicted octanol–water partition coefficient (Wildman–Crippen LogP) is 3.69. The number of amides is 1. The highest BCUT2D eigenvalue weighted by molar-refractivity contribution is 5.70. The van der Waals surface area contributed by atoms with Crippen molar-refractivity contribution in [1.82, 2.24) is 9.80 Å². The van der Waals surface area contributed by atoms with E-state index in [-0.39, 0.29) is 11.6 Å². The van der Waals surface area contributed by atoms with Gasteiger partial charge in [0.15, 0.2) is 0 Å². The molecule has 1 aromatic rings. The lowest BCUT2D eigenvalue weighted by Crippen LogP contribution is -2.46. The highest BCUT2D eigenvalue weighted by Crippen LogP contribution is 2.55. The molecule has 2 aliphatic rings. The molecule has 0 spiro atoms. The first-order valence-electron chi connectivity index (χ1n) is 8.49. The minimum atomic E-state index is -0.442. The average molecular weight is 316 g/mol. The van der Waals surface area contributed by atoms with Crippen molar-refractivity contribution in [2.75, 3.05) is 20.1 Å². The smallest absolute Gasteiger partial charge is 0.410 e. The van der Waals surface area contributed by atoms with Crippen molar-refractivity contribution < 1.29 is 9.53 Å². The van der Waals surface area contributed by atoms with E-state index in [0.717, 1.165) is 19.5 Å². The molecule has 23 heavy (non-hydrogen) atoms. The summed E-state index contributed by atoms with van der Waals surface area (Å²) in [6.45, 7) is 9.99. The van der Waals surface area contributed by atoms with Gasteiger partial charge in [0.25, 0.3) is 0 Å². The molecule has 1 aliphatic carbocycles. The zero-order valence-corrected chi connectivity index (χ0v) is 14.9. The van der Waals surface area contributed by atoms with Gasteiger partial charge in [-0.3, -0.25) is 4.90 Å². The molecule has 0 bridgehead atoms. The second-order valence-electron chi connectivity index (χ2n) is 8.06. The normalized spacial score (nSPS) is 28.1. The number of carbonyl (C=O) groups excluding carboxylic acids is 1. The van der Waals surface area contributed by atoms with E-state index in [9.17, 15) is 4.79 Å². The summed E-state index contributed by atoms with van der Waals surface area (Å²) in [5, 5.41) is 0. The van der Waals surface area contributed by atoms with Crippen LogP contribution in [0.15, 0.2) is 30.3 Å². The zero-order valence-electron chi connectivity index (χ0n) is 14.9. The van der Waals surface area contributed by atoms with Crippen molar-refractivity contribution in [3.05, 3.63) is 35.9 Å². The molecule has 2 fully saturated rings. The fraction of sp³-hybridized carbons (Fsp3) is 0.632. The average Bonchev–Trinajstić information content (AvgIpc) is 3.07. The standard InChI is InChI=1S/C19H28N2O2/c1-14(15-9-7-6-8-10-15)21-12-16-11-19(16,13-21)20(5)17(22)23-18(2,3)4/h6-10,14,16H,11-13H2,1-5H3/t14-,16?,19-/m0/s1. The number of hydrogen-bond donors (Lipinski definition) is 0. The van der Waals surface area contributed by atoms with Gasteiger partial charge in [-0.2, -0.15) is 0 Å². The maximum atomic E-state index is 12.4. The Morgan fingerprint density at radius 3 is 2.61 bits per heavy atom. The summed E-state index contributed by atoms with van der Waals surface area (Å²) >= 11 is 0. The Hall–Kier alpha value is -1.55. The minimum Gasteiger partial charge on any atom is -0.444 e. The van der Waals surface area contributed by atoms with Crippen molar-refractivity contribution >= 4 is 6.09 Å². The zero-order chi connectivity index (χ0) is 16.8. The third-order valence-corrected chi connectivity index (χ3v) is 5.30. The summed E-state index contributed by atoms with van der Waals surface area (Å²) in [5.41, 5.74) is 0.872. The van der Waals surface area contributed by atoms with Crippen LogP contribution in [0.3, 0.4) is 0 Å². The summed E-state index contributed by atoms with van der Waals surface area (Å²) in [4.78, 5) is 16.7. The third-order valence-electron chi connectivity index (χ3n) is 5.30. The molecular formula is C19H28N2O2. The van der Waals surface area contributed by atoms with Gasteiger partial charge in [0.05, 0.1) is 5.54 Å². The lowest BCUT2D eigenvalue weighted by atomic mass is 10.1. The summed E-state index contributed by atoms with van der Waals surface area (Å²) in [6.07, 6.45) is 0.898. The maximum absolute atomic E-state index is 12.4. The number of likely N-dealkylation sites (N-methyl/N-ethyl adjacent to an activating group) is 1. The number of likely N-dealkylation sites (tertiary alicyclic amines) is 1. The number of fused-ring (bicyclic) bond motifs is 1. The third kappa shape index (κ3) is 3.09. The number of piperidine rings is 1. The Morgan fingerprint density at radius 1 is 1.35 bits per heavy atom. The Balaban J connectivity index is 1.66. The van der Waals surface area contributed by atoms with E-state index in [2.05, 4.69) is 42.2 Å². The molecule has 0 N–H and O–H groups in total. The van der Waals surface area contributed by atoms with Gasteiger partial charge in [-0.15, -0.1) is 0 Å². The molecule has 0 aromatic heterocycles. The second kappa shape index (κ2) is 5.52. The molecule has 0 radical (unpaired) electrons. The minimum absolute atomic E-state index is 0.0224. The molecule has 1 aromatic carbocycles. The number of nitrogens with zero attached hydrogens (tertiary/aromatic N) is 2.